The molecule has 148 valence electrons. The maximum Gasteiger partial charge on any atom is 0.323 e. The van der Waals surface area contributed by atoms with Crippen molar-refractivity contribution in [3.8, 4) is 5.75 Å². The van der Waals surface area contributed by atoms with E-state index in [-0.39, 0.29) is 43.3 Å². The third-order valence-corrected chi connectivity index (χ3v) is 4.66. The number of amides is 2. The molecule has 27 heavy (non-hydrogen) atoms. The van der Waals surface area contributed by atoms with Crippen LogP contribution in [0, 0.1) is 5.92 Å². The van der Waals surface area contributed by atoms with Crippen molar-refractivity contribution in [2.45, 2.75) is 39.2 Å². The SMILES string of the molecule is CC(C)N(CC(=O)O)C(=O)C1CCCN(C(=O)CCOc2ccccc2)C1. The molecule has 0 saturated carbocycles. The number of likely N-dealkylation sites (tertiary alicyclic amines) is 1. The van der Waals surface area contributed by atoms with Gasteiger partial charge in [0.25, 0.3) is 0 Å². The minimum absolute atomic E-state index is 0.0437. The number of carbonyl (C=O) groups excluding carboxylic acids is 2. The van der Waals surface area contributed by atoms with Crippen LogP contribution in [-0.2, 0) is 14.4 Å². The largest absolute Gasteiger partial charge is 0.493 e. The number of carboxylic acids is 1. The highest BCUT2D eigenvalue weighted by atomic mass is 16.5. The van der Waals surface area contributed by atoms with Crippen LogP contribution in [0.3, 0.4) is 0 Å². The first-order valence-corrected chi connectivity index (χ1v) is 9.36. The molecule has 1 heterocycles. The van der Waals surface area contributed by atoms with Crippen molar-refractivity contribution >= 4 is 17.8 Å². The van der Waals surface area contributed by atoms with Crippen LogP contribution in [0.2, 0.25) is 0 Å². The molecule has 0 spiro atoms. The van der Waals surface area contributed by atoms with Crippen LogP contribution in [0.15, 0.2) is 30.3 Å². The first-order valence-electron chi connectivity index (χ1n) is 9.36. The normalized spacial score (nSPS) is 16.9. The average Bonchev–Trinajstić information content (AvgIpc) is 2.66. The lowest BCUT2D eigenvalue weighted by atomic mass is 9.95. The van der Waals surface area contributed by atoms with Gasteiger partial charge in [-0.05, 0) is 38.8 Å². The van der Waals surface area contributed by atoms with Crippen LogP contribution < -0.4 is 4.74 Å². The van der Waals surface area contributed by atoms with Gasteiger partial charge in [0.05, 0.1) is 18.9 Å². The molecule has 1 saturated heterocycles. The van der Waals surface area contributed by atoms with Gasteiger partial charge in [0.2, 0.25) is 11.8 Å². The standard InChI is InChI=1S/C20H28N2O5/c1-15(2)22(14-19(24)25)20(26)16-7-6-11-21(13-16)18(23)10-12-27-17-8-4-3-5-9-17/h3-5,8-9,15-16H,6-7,10-14H2,1-2H3,(H,24,25). The van der Waals surface area contributed by atoms with E-state index in [4.69, 9.17) is 9.84 Å². The fraction of sp³-hybridized carbons (Fsp3) is 0.550. The number of carbonyl (C=O) groups is 3. The minimum atomic E-state index is -1.03. The zero-order valence-electron chi connectivity index (χ0n) is 16.0. The van der Waals surface area contributed by atoms with Gasteiger partial charge in [0.15, 0.2) is 0 Å². The van der Waals surface area contributed by atoms with Crippen LogP contribution in [0.4, 0.5) is 0 Å². The highest BCUT2D eigenvalue weighted by Gasteiger charge is 2.32. The second-order valence-electron chi connectivity index (χ2n) is 7.04. The monoisotopic (exact) mass is 376 g/mol. The van der Waals surface area contributed by atoms with Gasteiger partial charge in [0, 0.05) is 19.1 Å². The number of aliphatic carboxylic acids is 1. The molecule has 1 N–H and O–H groups in total. The van der Waals surface area contributed by atoms with Gasteiger partial charge < -0.3 is 19.6 Å². The van der Waals surface area contributed by atoms with Crippen molar-refractivity contribution in [1.29, 1.82) is 0 Å². The zero-order valence-corrected chi connectivity index (χ0v) is 16.0. The van der Waals surface area contributed by atoms with Crippen molar-refractivity contribution in [3.63, 3.8) is 0 Å². The Morgan fingerprint density at radius 2 is 1.96 bits per heavy atom. The number of piperidine rings is 1. The number of rotatable bonds is 8. The summed E-state index contributed by atoms with van der Waals surface area (Å²) in [5, 5.41) is 9.04. The van der Waals surface area contributed by atoms with Gasteiger partial charge >= 0.3 is 5.97 Å². The maximum atomic E-state index is 12.7. The van der Waals surface area contributed by atoms with E-state index in [1.54, 1.807) is 18.7 Å². The first-order chi connectivity index (χ1) is 12.9. The van der Waals surface area contributed by atoms with Gasteiger partial charge in [-0.2, -0.15) is 0 Å². The summed E-state index contributed by atoms with van der Waals surface area (Å²) in [5.74, 6) is -0.889. The van der Waals surface area contributed by atoms with Crippen LogP contribution in [0.25, 0.3) is 0 Å². The lowest BCUT2D eigenvalue weighted by Crippen LogP contribution is -2.49. The Labute approximate surface area is 159 Å². The number of hydrogen-bond acceptors (Lipinski definition) is 4. The molecule has 1 aromatic carbocycles. The van der Waals surface area contributed by atoms with E-state index in [1.165, 1.54) is 4.90 Å². The third kappa shape index (κ3) is 6.27. The number of benzene rings is 1. The summed E-state index contributed by atoms with van der Waals surface area (Å²) in [4.78, 5) is 39.3. The topological polar surface area (TPSA) is 87.2 Å². The van der Waals surface area contributed by atoms with Crippen molar-refractivity contribution in [2.75, 3.05) is 26.2 Å². The summed E-state index contributed by atoms with van der Waals surface area (Å²) in [6.07, 6.45) is 1.66. The minimum Gasteiger partial charge on any atom is -0.493 e. The lowest BCUT2D eigenvalue weighted by molar-refractivity contribution is -0.150. The van der Waals surface area contributed by atoms with E-state index in [0.717, 1.165) is 12.2 Å². The number of ether oxygens (including phenoxy) is 1. The van der Waals surface area contributed by atoms with Crippen molar-refractivity contribution < 1.29 is 24.2 Å². The van der Waals surface area contributed by atoms with Crippen molar-refractivity contribution in [3.05, 3.63) is 30.3 Å². The summed E-state index contributed by atoms with van der Waals surface area (Å²) in [7, 11) is 0. The second-order valence-corrected chi connectivity index (χ2v) is 7.04. The Hall–Kier alpha value is -2.57. The Kier molecular flexibility index (Phi) is 7.64. The lowest BCUT2D eigenvalue weighted by Gasteiger charge is -2.36. The Bertz CT molecular complexity index is 647. The molecule has 1 atom stereocenters. The summed E-state index contributed by atoms with van der Waals surface area (Å²) >= 11 is 0. The van der Waals surface area contributed by atoms with Crippen molar-refractivity contribution in [2.24, 2.45) is 5.92 Å². The summed E-state index contributed by atoms with van der Waals surface area (Å²) < 4.78 is 5.57. The molecule has 2 amide bonds. The first kappa shape index (κ1) is 20.7. The molecule has 1 unspecified atom stereocenters. The van der Waals surface area contributed by atoms with E-state index in [9.17, 15) is 14.4 Å². The van der Waals surface area contributed by atoms with Crippen LogP contribution in [-0.4, -0.2) is 65.0 Å². The predicted octanol–water partition coefficient (Wildman–Crippen LogP) is 2.02. The van der Waals surface area contributed by atoms with Gasteiger partial charge in [0.1, 0.15) is 12.3 Å². The van der Waals surface area contributed by atoms with Crippen LogP contribution in [0.1, 0.15) is 33.1 Å². The molecular formula is C20H28N2O5. The molecule has 1 fully saturated rings. The second kappa shape index (κ2) is 9.94. The average molecular weight is 376 g/mol. The summed E-state index contributed by atoms with van der Waals surface area (Å²) in [6, 6.07) is 9.12. The zero-order chi connectivity index (χ0) is 19.8. The van der Waals surface area contributed by atoms with E-state index < -0.39 is 5.97 Å². The van der Waals surface area contributed by atoms with Crippen molar-refractivity contribution in [1.82, 2.24) is 9.80 Å². The molecule has 0 bridgehead atoms. The summed E-state index contributed by atoms with van der Waals surface area (Å²) in [5.41, 5.74) is 0. The number of nitrogens with zero attached hydrogens (tertiary/aromatic N) is 2. The van der Waals surface area contributed by atoms with E-state index >= 15 is 0 Å². The Morgan fingerprint density at radius 3 is 2.59 bits per heavy atom. The number of para-hydroxylation sites is 1. The highest BCUT2D eigenvalue weighted by Crippen LogP contribution is 2.21. The Balaban J connectivity index is 1.87. The van der Waals surface area contributed by atoms with Crippen LogP contribution >= 0.6 is 0 Å². The highest BCUT2D eigenvalue weighted by molar-refractivity contribution is 5.84. The molecule has 7 nitrogen and oxygen atoms in total. The summed E-state index contributed by atoms with van der Waals surface area (Å²) in [6.45, 7) is 4.53. The quantitative estimate of drug-likeness (QED) is 0.750. The maximum absolute atomic E-state index is 12.7. The van der Waals surface area contributed by atoms with Gasteiger partial charge in [-0.3, -0.25) is 14.4 Å². The molecule has 1 aromatic rings. The number of hydrogen-bond donors (Lipinski definition) is 1. The molecule has 1 aliphatic rings. The van der Waals surface area contributed by atoms with Gasteiger partial charge in [-0.15, -0.1) is 0 Å². The van der Waals surface area contributed by atoms with Gasteiger partial charge in [-0.25, -0.2) is 0 Å². The van der Waals surface area contributed by atoms with Crippen LogP contribution in [0.5, 0.6) is 5.75 Å². The Morgan fingerprint density at radius 1 is 1.26 bits per heavy atom. The molecule has 1 aliphatic heterocycles. The van der Waals surface area contributed by atoms with E-state index in [0.29, 0.717) is 19.5 Å². The molecule has 0 aliphatic carbocycles. The fourth-order valence-corrected chi connectivity index (χ4v) is 3.23. The smallest absolute Gasteiger partial charge is 0.323 e. The molecule has 7 heteroatoms. The van der Waals surface area contributed by atoms with Gasteiger partial charge in [-0.1, -0.05) is 18.2 Å². The fourth-order valence-electron chi connectivity index (χ4n) is 3.23. The van der Waals surface area contributed by atoms with E-state index in [1.807, 2.05) is 30.3 Å². The number of carboxylic acid groups (broad SMARTS) is 1. The molecular weight excluding hydrogens is 348 g/mol. The molecule has 2 rings (SSSR count). The molecule has 0 aromatic heterocycles. The molecule has 0 radical (unpaired) electrons. The predicted molar refractivity (Wildman–Crippen MR) is 100 cm³/mol. The van der Waals surface area contributed by atoms with E-state index in [2.05, 4.69) is 0 Å². The third-order valence-electron chi connectivity index (χ3n) is 4.66.